The maximum atomic E-state index is 9.08. The second-order valence-electron chi connectivity index (χ2n) is 2.46. The number of hydrogen-bond donors (Lipinski definition) is 3. The van der Waals surface area contributed by atoms with Crippen LogP contribution in [-0.4, -0.2) is 64.7 Å². The molecule has 0 aliphatic carbocycles. The number of aliphatic hydroxyl groups excluding tert-OH is 1. The van der Waals surface area contributed by atoms with Gasteiger partial charge in [-0.2, -0.15) is 0 Å². The Morgan fingerprint density at radius 2 is 2.00 bits per heavy atom. The van der Waals surface area contributed by atoms with Gasteiger partial charge in [-0.1, -0.05) is 19.8 Å². The van der Waals surface area contributed by atoms with E-state index in [9.17, 15) is 0 Å². The summed E-state index contributed by atoms with van der Waals surface area (Å²) in [5.41, 5.74) is 0. The van der Waals surface area contributed by atoms with E-state index in [-0.39, 0.29) is 36.2 Å². The third kappa shape index (κ3) is 10.9. The van der Waals surface area contributed by atoms with E-state index in [1.54, 1.807) is 0 Å². The van der Waals surface area contributed by atoms with E-state index in [1.807, 2.05) is 6.92 Å². The van der Waals surface area contributed by atoms with Gasteiger partial charge in [-0.15, -0.1) is 0 Å². The molecule has 0 spiro atoms. The summed E-state index contributed by atoms with van der Waals surface area (Å²) in [7, 11) is -1.77. The molecule has 0 amide bonds. The van der Waals surface area contributed by atoms with E-state index in [1.165, 1.54) is 0 Å². The predicted octanol–water partition coefficient (Wildman–Crippen LogP) is -1.12. The van der Waals surface area contributed by atoms with E-state index < -0.39 is 13.4 Å². The molecule has 0 aromatic carbocycles. The fourth-order valence-electron chi connectivity index (χ4n) is 0.720. The molecule has 0 saturated heterocycles. The van der Waals surface area contributed by atoms with E-state index >= 15 is 0 Å². The second-order valence-corrected chi connectivity index (χ2v) is 2.46. The molecule has 0 radical (unpaired) electrons. The van der Waals surface area contributed by atoms with Crippen molar-refractivity contribution in [1.29, 1.82) is 0 Å². The molecule has 4 nitrogen and oxygen atoms in total. The molecular formula is C6H16BNaO4. The molecule has 68 valence electrons. The van der Waals surface area contributed by atoms with Gasteiger partial charge in [0.2, 0.25) is 0 Å². The van der Waals surface area contributed by atoms with Gasteiger partial charge < -0.3 is 19.8 Å². The molecule has 0 rings (SSSR count). The van der Waals surface area contributed by atoms with Crippen LogP contribution in [0.25, 0.3) is 0 Å². The third-order valence-corrected chi connectivity index (χ3v) is 1.33. The molecule has 0 saturated carbocycles. The Kier molecular flexibility index (Phi) is 12.8. The van der Waals surface area contributed by atoms with Gasteiger partial charge in [0.25, 0.3) is 0 Å². The van der Waals surface area contributed by atoms with Crippen LogP contribution in [0.5, 0.6) is 0 Å². The van der Waals surface area contributed by atoms with Crippen LogP contribution < -0.4 is 0 Å². The van der Waals surface area contributed by atoms with Crippen molar-refractivity contribution in [2.24, 2.45) is 0 Å². The summed E-state index contributed by atoms with van der Waals surface area (Å²) in [6, 6.07) is 0. The number of rotatable bonds is 6. The van der Waals surface area contributed by atoms with Crippen molar-refractivity contribution in [3.63, 3.8) is 0 Å². The quantitative estimate of drug-likeness (QED) is 0.459. The van der Waals surface area contributed by atoms with Crippen LogP contribution in [0.3, 0.4) is 0 Å². The zero-order chi connectivity index (χ0) is 8.69. The Hall–Kier alpha value is 0.905. The van der Waals surface area contributed by atoms with Crippen LogP contribution >= 0.6 is 0 Å². The summed E-state index contributed by atoms with van der Waals surface area (Å²) in [5.74, 6) is 0. The van der Waals surface area contributed by atoms with Crippen LogP contribution in [0.1, 0.15) is 26.2 Å². The molecule has 0 aliphatic rings. The second kappa shape index (κ2) is 9.99. The SMILES string of the molecule is CCCCC(O)COB(O)O.[NaH]. The fraction of sp³-hybridized carbons (Fsp3) is 1.00. The molecule has 12 heavy (non-hydrogen) atoms. The van der Waals surface area contributed by atoms with E-state index in [0.29, 0.717) is 6.42 Å². The first-order chi connectivity index (χ1) is 5.16. The average molecular weight is 186 g/mol. The summed E-state index contributed by atoms with van der Waals surface area (Å²) in [6.07, 6.45) is 1.99. The van der Waals surface area contributed by atoms with Crippen molar-refractivity contribution < 1.29 is 19.8 Å². The zero-order valence-corrected chi connectivity index (χ0v) is 6.73. The minimum atomic E-state index is -1.77. The van der Waals surface area contributed by atoms with Crippen molar-refractivity contribution in [3.8, 4) is 0 Å². The van der Waals surface area contributed by atoms with Crippen LogP contribution in [0.4, 0.5) is 0 Å². The number of hydrogen-bond acceptors (Lipinski definition) is 4. The first kappa shape index (κ1) is 15.4. The zero-order valence-electron chi connectivity index (χ0n) is 6.73. The summed E-state index contributed by atoms with van der Waals surface area (Å²) >= 11 is 0. The van der Waals surface area contributed by atoms with Gasteiger partial charge in [0.15, 0.2) is 0 Å². The average Bonchev–Trinajstić information content (AvgIpc) is 1.97. The summed E-state index contributed by atoms with van der Waals surface area (Å²) in [4.78, 5) is 0. The summed E-state index contributed by atoms with van der Waals surface area (Å²) < 4.78 is 4.36. The monoisotopic (exact) mass is 186 g/mol. The molecular weight excluding hydrogens is 170 g/mol. The van der Waals surface area contributed by atoms with Gasteiger partial charge in [-0.25, -0.2) is 0 Å². The first-order valence-corrected chi connectivity index (χ1v) is 3.82. The molecule has 3 N–H and O–H groups in total. The van der Waals surface area contributed by atoms with Gasteiger partial charge >= 0.3 is 36.9 Å². The van der Waals surface area contributed by atoms with E-state index in [0.717, 1.165) is 12.8 Å². The molecule has 0 heterocycles. The molecule has 6 heteroatoms. The number of unbranched alkanes of at least 4 members (excludes halogenated alkanes) is 1. The Morgan fingerprint density at radius 1 is 1.42 bits per heavy atom. The van der Waals surface area contributed by atoms with Crippen LogP contribution in [-0.2, 0) is 4.65 Å². The van der Waals surface area contributed by atoms with E-state index in [4.69, 9.17) is 15.2 Å². The third-order valence-electron chi connectivity index (χ3n) is 1.33. The maximum absolute atomic E-state index is 9.08. The minimum absolute atomic E-state index is 0. The van der Waals surface area contributed by atoms with Crippen molar-refractivity contribution >= 4 is 36.9 Å². The summed E-state index contributed by atoms with van der Waals surface area (Å²) in [5, 5.41) is 25.6. The Bertz CT molecular complexity index is 93.6. The Morgan fingerprint density at radius 3 is 2.42 bits per heavy atom. The summed E-state index contributed by atoms with van der Waals surface area (Å²) in [6.45, 7) is 2.01. The molecule has 0 fully saturated rings. The van der Waals surface area contributed by atoms with Gasteiger partial charge in [-0.05, 0) is 6.42 Å². The number of aliphatic hydroxyl groups is 1. The first-order valence-electron chi connectivity index (χ1n) is 3.82. The molecule has 0 bridgehead atoms. The standard InChI is InChI=1S/C6H15BO4.Na.H/c1-2-3-4-6(8)5-11-7(9)10;;/h6,8-10H,2-5H2,1H3;;. The van der Waals surface area contributed by atoms with Crippen LogP contribution in [0.2, 0.25) is 0 Å². The Balaban J connectivity index is 0. The van der Waals surface area contributed by atoms with Crippen LogP contribution in [0.15, 0.2) is 0 Å². The van der Waals surface area contributed by atoms with E-state index in [2.05, 4.69) is 4.65 Å². The van der Waals surface area contributed by atoms with Crippen molar-refractivity contribution in [2.45, 2.75) is 32.3 Å². The predicted molar refractivity (Wildman–Crippen MR) is 48.8 cm³/mol. The van der Waals surface area contributed by atoms with Gasteiger partial charge in [-0.3, -0.25) is 0 Å². The molecule has 0 aromatic heterocycles. The molecule has 1 unspecified atom stereocenters. The van der Waals surface area contributed by atoms with Crippen molar-refractivity contribution in [2.75, 3.05) is 6.61 Å². The molecule has 0 aromatic rings. The molecule has 1 atom stereocenters. The molecule has 0 aliphatic heterocycles. The Labute approximate surface area is 95.4 Å². The van der Waals surface area contributed by atoms with Gasteiger partial charge in [0, 0.05) is 0 Å². The normalized spacial score (nSPS) is 12.0. The van der Waals surface area contributed by atoms with Crippen LogP contribution in [0, 0.1) is 0 Å². The topological polar surface area (TPSA) is 69.9 Å². The van der Waals surface area contributed by atoms with Gasteiger partial charge in [0.1, 0.15) is 0 Å². The van der Waals surface area contributed by atoms with Crippen molar-refractivity contribution in [1.82, 2.24) is 0 Å². The van der Waals surface area contributed by atoms with Gasteiger partial charge in [0.05, 0.1) is 12.7 Å². The fourth-order valence-corrected chi connectivity index (χ4v) is 0.720. The van der Waals surface area contributed by atoms with Crippen molar-refractivity contribution in [3.05, 3.63) is 0 Å².